The van der Waals surface area contributed by atoms with E-state index >= 15 is 0 Å². The number of nitrogens with one attached hydrogen (secondary N) is 2. The zero-order valence-electron chi connectivity index (χ0n) is 15.2. The van der Waals surface area contributed by atoms with Gasteiger partial charge in [-0.1, -0.05) is 28.9 Å². The molecule has 2 N–H and O–H groups in total. The predicted octanol–water partition coefficient (Wildman–Crippen LogP) is 2.00. The summed E-state index contributed by atoms with van der Waals surface area (Å²) in [5.41, 5.74) is 0.431. The normalized spacial score (nSPS) is 17.7. The third kappa shape index (κ3) is 6.00. The van der Waals surface area contributed by atoms with Gasteiger partial charge in [0.15, 0.2) is 5.11 Å². The van der Waals surface area contributed by atoms with Gasteiger partial charge < -0.3 is 15.0 Å². The Labute approximate surface area is 171 Å². The Balaban J connectivity index is 2.06. The van der Waals surface area contributed by atoms with Gasteiger partial charge in [-0.05, 0) is 43.8 Å². The maximum atomic E-state index is 12.4. The van der Waals surface area contributed by atoms with E-state index in [2.05, 4.69) is 26.6 Å². The predicted molar refractivity (Wildman–Crippen MR) is 108 cm³/mol. The molecule has 1 aliphatic rings. The second-order valence-electron chi connectivity index (χ2n) is 6.18. The van der Waals surface area contributed by atoms with E-state index < -0.39 is 12.0 Å². The van der Waals surface area contributed by atoms with Gasteiger partial charge in [0.25, 0.3) is 5.91 Å². The van der Waals surface area contributed by atoms with Crippen LogP contribution in [0.25, 0.3) is 0 Å². The summed E-state index contributed by atoms with van der Waals surface area (Å²) in [5.74, 6) is -1.17. The van der Waals surface area contributed by atoms with Crippen LogP contribution >= 0.6 is 28.1 Å². The van der Waals surface area contributed by atoms with Crippen LogP contribution in [0.3, 0.4) is 0 Å². The van der Waals surface area contributed by atoms with Gasteiger partial charge in [-0.3, -0.25) is 19.7 Å². The average Bonchev–Trinajstić information content (AvgIpc) is 2.63. The Morgan fingerprint density at radius 1 is 1.48 bits per heavy atom. The molecule has 2 atom stereocenters. The van der Waals surface area contributed by atoms with E-state index in [0.717, 1.165) is 4.47 Å². The summed E-state index contributed by atoms with van der Waals surface area (Å²) in [7, 11) is 0. The van der Waals surface area contributed by atoms with Gasteiger partial charge in [0, 0.05) is 23.1 Å². The molecule has 1 aromatic carbocycles. The molecule has 2 amide bonds. The lowest BCUT2D eigenvalue weighted by Crippen LogP contribution is -2.60. The Hall–Kier alpha value is -2.00. The van der Waals surface area contributed by atoms with Crippen molar-refractivity contribution >= 4 is 51.0 Å². The van der Waals surface area contributed by atoms with Crippen molar-refractivity contribution in [1.29, 1.82) is 0 Å². The minimum atomic E-state index is -0.814. The van der Waals surface area contributed by atoms with Crippen LogP contribution < -0.4 is 10.6 Å². The topological polar surface area (TPSA) is 87.7 Å². The van der Waals surface area contributed by atoms with Gasteiger partial charge in [0.1, 0.15) is 6.04 Å². The van der Waals surface area contributed by atoms with Gasteiger partial charge in [-0.2, -0.15) is 0 Å². The van der Waals surface area contributed by atoms with Crippen molar-refractivity contribution in [2.45, 2.75) is 38.8 Å². The molecule has 9 heteroatoms. The molecule has 0 aliphatic carbocycles. The highest BCUT2D eigenvalue weighted by Gasteiger charge is 2.34. The van der Waals surface area contributed by atoms with Crippen molar-refractivity contribution in [3.8, 4) is 0 Å². The number of hydrogen-bond acceptors (Lipinski definition) is 5. The van der Waals surface area contributed by atoms with E-state index in [1.807, 2.05) is 13.0 Å². The highest BCUT2D eigenvalue weighted by atomic mass is 79.9. The molecular weight excluding hydrogens is 434 g/mol. The van der Waals surface area contributed by atoms with E-state index in [0.29, 0.717) is 25.1 Å². The number of piperazine rings is 1. The van der Waals surface area contributed by atoms with Crippen LogP contribution in [0.5, 0.6) is 0 Å². The monoisotopic (exact) mass is 455 g/mol. The second-order valence-corrected chi connectivity index (χ2v) is 7.49. The molecule has 1 saturated heterocycles. The largest absolute Gasteiger partial charge is 0.463 e. The maximum Gasteiger partial charge on any atom is 0.308 e. The number of amides is 2. The first-order valence-corrected chi connectivity index (χ1v) is 9.86. The molecule has 0 bridgehead atoms. The van der Waals surface area contributed by atoms with Crippen molar-refractivity contribution in [3.63, 3.8) is 0 Å². The second kappa shape index (κ2) is 9.80. The molecule has 2 unspecified atom stereocenters. The Bertz CT molecular complexity index is 743. The van der Waals surface area contributed by atoms with Crippen molar-refractivity contribution in [2.75, 3.05) is 13.1 Å². The van der Waals surface area contributed by atoms with Crippen LogP contribution in [0.2, 0.25) is 0 Å². The summed E-state index contributed by atoms with van der Waals surface area (Å²) >= 11 is 8.64. The fourth-order valence-electron chi connectivity index (χ4n) is 2.55. The zero-order valence-corrected chi connectivity index (χ0v) is 17.6. The standard InChI is InChI=1S/C18H22BrN3O4S/c1-3-11(2)26-15(23)10-14-17(25)20-7-8-22(14)18(27)21-16(24)12-5-4-6-13(19)9-12/h4-6,9,11,14H,3,7-8,10H2,1-2H3,(H,20,25)(H,21,24,27). The summed E-state index contributed by atoms with van der Waals surface area (Å²) in [4.78, 5) is 38.3. The molecular formula is C18H22BrN3O4S. The lowest BCUT2D eigenvalue weighted by molar-refractivity contribution is -0.151. The fourth-order valence-corrected chi connectivity index (χ4v) is 3.26. The van der Waals surface area contributed by atoms with Crippen molar-refractivity contribution in [1.82, 2.24) is 15.5 Å². The molecule has 0 radical (unpaired) electrons. The quantitative estimate of drug-likeness (QED) is 0.521. The first kappa shape index (κ1) is 21.3. The number of carbonyl (C=O) groups excluding carboxylic acids is 3. The molecule has 7 nitrogen and oxygen atoms in total. The van der Waals surface area contributed by atoms with Gasteiger partial charge in [0.05, 0.1) is 12.5 Å². The molecule has 0 spiro atoms. The lowest BCUT2D eigenvalue weighted by atomic mass is 10.1. The van der Waals surface area contributed by atoms with Crippen LogP contribution in [0, 0.1) is 0 Å². The lowest BCUT2D eigenvalue weighted by Gasteiger charge is -2.36. The molecule has 27 heavy (non-hydrogen) atoms. The van der Waals surface area contributed by atoms with Crippen molar-refractivity contribution in [3.05, 3.63) is 34.3 Å². The van der Waals surface area contributed by atoms with Gasteiger partial charge in [-0.25, -0.2) is 0 Å². The number of halogens is 1. The molecule has 1 heterocycles. The molecule has 0 saturated carbocycles. The third-order valence-corrected chi connectivity index (χ3v) is 5.00. The Morgan fingerprint density at radius 3 is 2.89 bits per heavy atom. The van der Waals surface area contributed by atoms with Crippen LogP contribution in [-0.2, 0) is 14.3 Å². The molecule has 1 aliphatic heterocycles. The SMILES string of the molecule is CCC(C)OC(=O)CC1C(=O)NCCN1C(=S)NC(=O)c1cccc(Br)c1. The van der Waals surface area contributed by atoms with Crippen molar-refractivity contribution in [2.24, 2.45) is 0 Å². The summed E-state index contributed by atoms with van der Waals surface area (Å²) in [6.45, 7) is 4.47. The Kier molecular flexibility index (Phi) is 7.73. The van der Waals surface area contributed by atoms with E-state index in [-0.39, 0.29) is 29.5 Å². The maximum absolute atomic E-state index is 12.4. The number of ether oxygens (including phenoxy) is 1. The van der Waals surface area contributed by atoms with Crippen LogP contribution in [-0.4, -0.2) is 53.0 Å². The summed E-state index contributed by atoms with van der Waals surface area (Å²) < 4.78 is 6.03. The van der Waals surface area contributed by atoms with E-state index in [1.165, 1.54) is 0 Å². The zero-order chi connectivity index (χ0) is 20.0. The highest BCUT2D eigenvalue weighted by Crippen LogP contribution is 2.14. The van der Waals surface area contributed by atoms with Crippen LogP contribution in [0.1, 0.15) is 37.0 Å². The van der Waals surface area contributed by atoms with Crippen LogP contribution in [0.15, 0.2) is 28.7 Å². The first-order valence-electron chi connectivity index (χ1n) is 8.66. The number of nitrogens with zero attached hydrogens (tertiary/aromatic N) is 1. The molecule has 1 aromatic rings. The average molecular weight is 456 g/mol. The third-order valence-electron chi connectivity index (χ3n) is 4.17. The first-order chi connectivity index (χ1) is 12.8. The Morgan fingerprint density at radius 2 is 2.22 bits per heavy atom. The molecule has 1 fully saturated rings. The number of hydrogen-bond donors (Lipinski definition) is 2. The molecule has 0 aromatic heterocycles. The summed E-state index contributed by atoms with van der Waals surface area (Å²) in [6, 6.07) is 6.06. The highest BCUT2D eigenvalue weighted by molar-refractivity contribution is 9.10. The number of benzene rings is 1. The number of rotatable bonds is 5. The summed E-state index contributed by atoms with van der Waals surface area (Å²) in [5, 5.41) is 5.46. The van der Waals surface area contributed by atoms with E-state index in [9.17, 15) is 14.4 Å². The minimum Gasteiger partial charge on any atom is -0.463 e. The minimum absolute atomic E-state index is 0.108. The van der Waals surface area contributed by atoms with Gasteiger partial charge >= 0.3 is 5.97 Å². The summed E-state index contributed by atoms with van der Waals surface area (Å²) in [6.07, 6.45) is 0.331. The smallest absolute Gasteiger partial charge is 0.308 e. The number of esters is 1. The van der Waals surface area contributed by atoms with Gasteiger partial charge in [-0.15, -0.1) is 0 Å². The number of thiocarbonyl (C=S) groups is 1. The number of carbonyl (C=O) groups is 3. The van der Waals surface area contributed by atoms with Crippen LogP contribution in [0.4, 0.5) is 0 Å². The fraction of sp³-hybridized carbons (Fsp3) is 0.444. The molecule has 2 rings (SSSR count). The van der Waals surface area contributed by atoms with E-state index in [1.54, 1.807) is 30.0 Å². The van der Waals surface area contributed by atoms with E-state index in [4.69, 9.17) is 17.0 Å². The van der Waals surface area contributed by atoms with Gasteiger partial charge in [0.2, 0.25) is 5.91 Å². The van der Waals surface area contributed by atoms with Crippen molar-refractivity contribution < 1.29 is 19.1 Å². The molecule has 146 valence electrons.